The van der Waals surface area contributed by atoms with Gasteiger partial charge in [0.05, 0.1) is 12.2 Å². The molecule has 1 aromatic rings. The van der Waals surface area contributed by atoms with E-state index in [9.17, 15) is 23.1 Å². The van der Waals surface area contributed by atoms with Gasteiger partial charge in [0, 0.05) is 12.8 Å². The van der Waals surface area contributed by atoms with Crippen molar-refractivity contribution in [1.82, 2.24) is 0 Å². The molecule has 0 bridgehead atoms. The van der Waals surface area contributed by atoms with Gasteiger partial charge in [-0.3, -0.25) is 4.79 Å². The predicted octanol–water partition coefficient (Wildman–Crippen LogP) is 2.23. The van der Waals surface area contributed by atoms with Crippen LogP contribution < -0.4 is 0 Å². The number of halogens is 3. The summed E-state index contributed by atoms with van der Waals surface area (Å²) in [5.74, 6) is -0.455. The maximum atomic E-state index is 12.4. The maximum absolute atomic E-state index is 12.4. The topological polar surface area (TPSA) is 46.5 Å². The fourth-order valence-corrected chi connectivity index (χ4v) is 1.99. The molecule has 3 nitrogen and oxygen atoms in total. The van der Waals surface area contributed by atoms with Crippen LogP contribution in [0.15, 0.2) is 24.3 Å². The lowest BCUT2D eigenvalue weighted by Crippen LogP contribution is -2.30. The zero-order chi connectivity index (χ0) is 13.4. The Labute approximate surface area is 101 Å². The van der Waals surface area contributed by atoms with E-state index in [0.717, 1.165) is 12.1 Å². The van der Waals surface area contributed by atoms with Crippen LogP contribution in [0.4, 0.5) is 13.2 Å². The summed E-state index contributed by atoms with van der Waals surface area (Å²) in [5.41, 5.74) is -1.59. The Morgan fingerprint density at radius 3 is 2.28 bits per heavy atom. The van der Waals surface area contributed by atoms with Crippen LogP contribution in [0.3, 0.4) is 0 Å². The molecule has 0 amide bonds. The first-order valence-corrected chi connectivity index (χ1v) is 5.38. The molecule has 2 rings (SSSR count). The summed E-state index contributed by atoms with van der Waals surface area (Å²) < 4.78 is 42.2. The molecule has 18 heavy (non-hydrogen) atoms. The maximum Gasteiger partial charge on any atom is 0.416 e. The number of benzene rings is 1. The summed E-state index contributed by atoms with van der Waals surface area (Å²) in [6, 6.07) is 4.30. The second kappa shape index (κ2) is 4.28. The van der Waals surface area contributed by atoms with Gasteiger partial charge in [-0.1, -0.05) is 12.1 Å². The fourth-order valence-electron chi connectivity index (χ4n) is 1.99. The SMILES string of the molecule is O=C1CCC(CO)(c2ccc(C(F)(F)F)cc2)O1. The summed E-state index contributed by atoms with van der Waals surface area (Å²) in [6.07, 6.45) is -3.98. The largest absolute Gasteiger partial charge is 0.452 e. The second-order valence-electron chi connectivity index (χ2n) is 4.20. The Balaban J connectivity index is 2.31. The van der Waals surface area contributed by atoms with Gasteiger partial charge >= 0.3 is 12.1 Å². The number of hydrogen-bond donors (Lipinski definition) is 1. The van der Waals surface area contributed by atoms with E-state index in [4.69, 9.17) is 4.74 Å². The predicted molar refractivity (Wildman–Crippen MR) is 55.5 cm³/mol. The molecule has 6 heteroatoms. The number of aliphatic hydroxyl groups excluding tert-OH is 1. The third kappa shape index (κ3) is 2.20. The summed E-state index contributed by atoms with van der Waals surface area (Å²) in [5, 5.41) is 9.32. The van der Waals surface area contributed by atoms with Crippen LogP contribution in [-0.4, -0.2) is 17.7 Å². The van der Waals surface area contributed by atoms with Crippen LogP contribution in [0.1, 0.15) is 24.0 Å². The van der Waals surface area contributed by atoms with Gasteiger partial charge < -0.3 is 9.84 Å². The minimum absolute atomic E-state index is 0.154. The number of cyclic esters (lactones) is 1. The van der Waals surface area contributed by atoms with Crippen LogP contribution >= 0.6 is 0 Å². The molecule has 1 aliphatic heterocycles. The van der Waals surface area contributed by atoms with Crippen molar-refractivity contribution >= 4 is 5.97 Å². The molecule has 0 saturated carbocycles. The molecule has 0 aliphatic carbocycles. The summed E-state index contributed by atoms with van der Waals surface area (Å²) in [6.45, 7) is -0.440. The first-order chi connectivity index (χ1) is 8.37. The monoisotopic (exact) mass is 260 g/mol. The van der Waals surface area contributed by atoms with E-state index < -0.39 is 29.9 Å². The molecule has 0 aromatic heterocycles. The van der Waals surface area contributed by atoms with Gasteiger partial charge in [0.1, 0.15) is 0 Å². The molecular weight excluding hydrogens is 249 g/mol. The first kappa shape index (κ1) is 12.9. The Morgan fingerprint density at radius 1 is 1.28 bits per heavy atom. The molecule has 1 heterocycles. The van der Waals surface area contributed by atoms with Crippen LogP contribution in [0.25, 0.3) is 0 Å². The smallest absolute Gasteiger partial charge is 0.416 e. The lowest BCUT2D eigenvalue weighted by Gasteiger charge is -2.26. The molecule has 1 saturated heterocycles. The van der Waals surface area contributed by atoms with E-state index in [-0.39, 0.29) is 12.8 Å². The van der Waals surface area contributed by atoms with Crippen molar-refractivity contribution in [3.05, 3.63) is 35.4 Å². The van der Waals surface area contributed by atoms with Crippen LogP contribution in [-0.2, 0) is 21.3 Å². The lowest BCUT2D eigenvalue weighted by atomic mass is 9.91. The number of alkyl halides is 3. The standard InChI is InChI=1S/C12H11F3O3/c13-12(14,15)9-3-1-8(2-4-9)11(7-16)6-5-10(17)18-11/h1-4,16H,5-7H2. The van der Waals surface area contributed by atoms with Crippen LogP contribution in [0, 0.1) is 0 Å². The van der Waals surface area contributed by atoms with Gasteiger partial charge in [-0.25, -0.2) is 0 Å². The van der Waals surface area contributed by atoms with E-state index in [2.05, 4.69) is 0 Å². The summed E-state index contributed by atoms with van der Waals surface area (Å²) >= 11 is 0. The van der Waals surface area contributed by atoms with Crippen LogP contribution in [0.5, 0.6) is 0 Å². The van der Waals surface area contributed by atoms with E-state index in [1.807, 2.05) is 0 Å². The second-order valence-corrected chi connectivity index (χ2v) is 4.20. The molecule has 1 unspecified atom stereocenters. The normalized spacial score (nSPS) is 24.1. The van der Waals surface area contributed by atoms with Gasteiger partial charge in [-0.05, 0) is 17.7 Å². The third-order valence-corrected chi connectivity index (χ3v) is 3.04. The van der Waals surface area contributed by atoms with E-state index in [1.165, 1.54) is 12.1 Å². The Kier molecular flexibility index (Phi) is 3.06. The van der Waals surface area contributed by atoms with E-state index >= 15 is 0 Å². The first-order valence-electron chi connectivity index (χ1n) is 5.38. The quantitative estimate of drug-likeness (QED) is 0.829. The Hall–Kier alpha value is -1.56. The van der Waals surface area contributed by atoms with Gasteiger partial charge in [0.15, 0.2) is 5.60 Å². The van der Waals surface area contributed by atoms with Crippen molar-refractivity contribution in [2.75, 3.05) is 6.61 Å². The van der Waals surface area contributed by atoms with Crippen LogP contribution in [0.2, 0.25) is 0 Å². The fraction of sp³-hybridized carbons (Fsp3) is 0.417. The Morgan fingerprint density at radius 2 is 1.89 bits per heavy atom. The third-order valence-electron chi connectivity index (χ3n) is 3.04. The van der Waals surface area contributed by atoms with E-state index in [1.54, 1.807) is 0 Å². The highest BCUT2D eigenvalue weighted by molar-refractivity contribution is 5.72. The van der Waals surface area contributed by atoms with Gasteiger partial charge in [0.2, 0.25) is 0 Å². The molecular formula is C12H11F3O3. The average molecular weight is 260 g/mol. The molecule has 1 aromatic carbocycles. The molecule has 0 radical (unpaired) electrons. The molecule has 1 aliphatic rings. The molecule has 98 valence electrons. The number of carbonyl (C=O) groups excluding carboxylic acids is 1. The van der Waals surface area contributed by atoms with Crippen molar-refractivity contribution in [1.29, 1.82) is 0 Å². The zero-order valence-electron chi connectivity index (χ0n) is 9.33. The summed E-state index contributed by atoms with van der Waals surface area (Å²) in [4.78, 5) is 11.1. The van der Waals surface area contributed by atoms with Crippen molar-refractivity contribution in [3.8, 4) is 0 Å². The van der Waals surface area contributed by atoms with Crippen molar-refractivity contribution < 1.29 is 27.8 Å². The molecule has 1 N–H and O–H groups in total. The number of esters is 1. The van der Waals surface area contributed by atoms with Crippen molar-refractivity contribution in [2.45, 2.75) is 24.6 Å². The average Bonchev–Trinajstić information content (AvgIpc) is 2.71. The zero-order valence-corrected chi connectivity index (χ0v) is 9.33. The molecule has 1 atom stereocenters. The highest BCUT2D eigenvalue weighted by Gasteiger charge is 2.42. The Bertz CT molecular complexity index is 453. The number of rotatable bonds is 2. The number of aliphatic hydroxyl groups is 1. The molecule has 0 spiro atoms. The van der Waals surface area contributed by atoms with Crippen molar-refractivity contribution in [3.63, 3.8) is 0 Å². The van der Waals surface area contributed by atoms with E-state index in [0.29, 0.717) is 5.56 Å². The number of ether oxygens (including phenoxy) is 1. The van der Waals surface area contributed by atoms with Gasteiger partial charge in [0.25, 0.3) is 0 Å². The van der Waals surface area contributed by atoms with Gasteiger partial charge in [-0.2, -0.15) is 13.2 Å². The van der Waals surface area contributed by atoms with Gasteiger partial charge in [-0.15, -0.1) is 0 Å². The highest BCUT2D eigenvalue weighted by atomic mass is 19.4. The lowest BCUT2D eigenvalue weighted by molar-refractivity contribution is -0.152. The minimum Gasteiger partial charge on any atom is -0.452 e. The number of carbonyl (C=O) groups is 1. The van der Waals surface area contributed by atoms with Crippen molar-refractivity contribution in [2.24, 2.45) is 0 Å². The number of hydrogen-bond acceptors (Lipinski definition) is 3. The highest BCUT2D eigenvalue weighted by Crippen LogP contribution is 2.38. The molecule has 1 fully saturated rings. The minimum atomic E-state index is -4.41. The summed E-state index contributed by atoms with van der Waals surface area (Å²) in [7, 11) is 0.